The molecule has 1 fully saturated rings. The van der Waals surface area contributed by atoms with E-state index in [1.807, 2.05) is 24.3 Å². The van der Waals surface area contributed by atoms with Crippen LogP contribution in [-0.4, -0.2) is 30.8 Å². The molecule has 0 saturated carbocycles. The molecule has 2 aromatic rings. The van der Waals surface area contributed by atoms with E-state index in [2.05, 4.69) is 10.3 Å². The molecule has 2 unspecified atom stereocenters. The molecule has 20 heavy (non-hydrogen) atoms. The van der Waals surface area contributed by atoms with Gasteiger partial charge in [-0.05, 0) is 23.9 Å². The van der Waals surface area contributed by atoms with Crippen LogP contribution in [0, 0.1) is 0 Å². The number of ether oxygens (including phenoxy) is 1. The normalized spacial score (nSPS) is 22.6. The number of alkyl halides is 1. The van der Waals surface area contributed by atoms with Crippen LogP contribution in [0.3, 0.4) is 0 Å². The molecule has 0 bridgehead atoms. The Morgan fingerprint density at radius 3 is 3.15 bits per heavy atom. The Morgan fingerprint density at radius 2 is 2.35 bits per heavy atom. The fourth-order valence-electron chi connectivity index (χ4n) is 2.90. The molecule has 1 saturated heterocycles. The van der Waals surface area contributed by atoms with Crippen molar-refractivity contribution in [1.82, 2.24) is 10.3 Å². The van der Waals surface area contributed by atoms with Gasteiger partial charge in [0.2, 0.25) is 0 Å². The summed E-state index contributed by atoms with van der Waals surface area (Å²) in [4.78, 5) is 4.10. The summed E-state index contributed by atoms with van der Waals surface area (Å²) in [5, 5.41) is 5.22. The van der Waals surface area contributed by atoms with Crippen molar-refractivity contribution in [3.8, 4) is 0 Å². The van der Waals surface area contributed by atoms with Crippen molar-refractivity contribution < 1.29 is 9.13 Å². The number of morpholine rings is 1. The van der Waals surface area contributed by atoms with E-state index in [1.165, 1.54) is 0 Å². The molecule has 1 aliphatic rings. The first-order valence-corrected chi connectivity index (χ1v) is 7.00. The van der Waals surface area contributed by atoms with Crippen molar-refractivity contribution in [2.45, 2.75) is 25.1 Å². The Hall–Kier alpha value is -1.52. The average Bonchev–Trinajstić information content (AvgIpc) is 2.47. The van der Waals surface area contributed by atoms with E-state index in [0.29, 0.717) is 19.6 Å². The summed E-state index contributed by atoms with van der Waals surface area (Å²) in [6, 6.07) is 7.67. The van der Waals surface area contributed by atoms with Gasteiger partial charge in [-0.1, -0.05) is 18.2 Å². The quantitative estimate of drug-likeness (QED) is 0.934. The summed E-state index contributed by atoms with van der Waals surface area (Å²) < 4.78 is 20.6. The molecule has 1 aliphatic heterocycles. The highest BCUT2D eigenvalue weighted by atomic mass is 19.1. The van der Waals surface area contributed by atoms with E-state index >= 15 is 4.39 Å². The summed E-state index contributed by atoms with van der Waals surface area (Å²) in [6.45, 7) is 3.73. The smallest absolute Gasteiger partial charge is 0.135 e. The molecule has 0 aliphatic carbocycles. The standard InChI is InChI=1S/C16H19FN2O/c1-16(17,9-13-11-20-8-7-19-13)15-4-2-3-12-10-18-6-5-14(12)15/h2-6,10,13,19H,7-9,11H2,1H3. The monoisotopic (exact) mass is 274 g/mol. The lowest BCUT2D eigenvalue weighted by Crippen LogP contribution is -2.44. The zero-order valence-corrected chi connectivity index (χ0v) is 11.6. The van der Waals surface area contributed by atoms with Crippen LogP contribution in [0.1, 0.15) is 18.9 Å². The van der Waals surface area contributed by atoms with Gasteiger partial charge >= 0.3 is 0 Å². The third kappa shape index (κ3) is 2.67. The molecule has 2 heterocycles. The summed E-state index contributed by atoms with van der Waals surface area (Å²) in [6.07, 6.45) is 3.90. The fourth-order valence-corrected chi connectivity index (χ4v) is 2.90. The molecule has 3 nitrogen and oxygen atoms in total. The maximum atomic E-state index is 15.2. The predicted octanol–water partition coefficient (Wildman–Crippen LogP) is 2.80. The first-order valence-electron chi connectivity index (χ1n) is 7.00. The minimum Gasteiger partial charge on any atom is -0.379 e. The Labute approximate surface area is 118 Å². The number of nitrogens with one attached hydrogen (secondary N) is 1. The Kier molecular flexibility index (Phi) is 3.68. The molecule has 1 N–H and O–H groups in total. The van der Waals surface area contributed by atoms with Crippen LogP contribution in [-0.2, 0) is 10.4 Å². The van der Waals surface area contributed by atoms with Gasteiger partial charge in [0, 0.05) is 36.8 Å². The maximum Gasteiger partial charge on any atom is 0.135 e. The Balaban J connectivity index is 1.91. The van der Waals surface area contributed by atoms with Gasteiger partial charge in [-0.2, -0.15) is 0 Å². The molecule has 4 heteroatoms. The second-order valence-electron chi connectivity index (χ2n) is 5.53. The zero-order chi connectivity index (χ0) is 14.0. The first-order chi connectivity index (χ1) is 9.67. The van der Waals surface area contributed by atoms with Crippen LogP contribution in [0.5, 0.6) is 0 Å². The van der Waals surface area contributed by atoms with Gasteiger partial charge in [-0.3, -0.25) is 4.98 Å². The third-order valence-electron chi connectivity index (χ3n) is 3.87. The van der Waals surface area contributed by atoms with E-state index in [0.717, 1.165) is 22.9 Å². The molecule has 1 aromatic carbocycles. The SMILES string of the molecule is CC(F)(CC1COCCN1)c1cccc2cnccc12. The van der Waals surface area contributed by atoms with Crippen molar-refractivity contribution in [1.29, 1.82) is 0 Å². The number of halogens is 1. The van der Waals surface area contributed by atoms with Crippen molar-refractivity contribution in [3.05, 3.63) is 42.2 Å². The number of rotatable bonds is 3. The lowest BCUT2D eigenvalue weighted by Gasteiger charge is -2.30. The molecule has 0 amide bonds. The summed E-state index contributed by atoms with van der Waals surface area (Å²) in [5.74, 6) is 0. The van der Waals surface area contributed by atoms with Gasteiger partial charge in [-0.15, -0.1) is 0 Å². The van der Waals surface area contributed by atoms with E-state index in [1.54, 1.807) is 19.3 Å². The maximum absolute atomic E-state index is 15.2. The number of hydrogen-bond donors (Lipinski definition) is 1. The Morgan fingerprint density at radius 1 is 1.45 bits per heavy atom. The van der Waals surface area contributed by atoms with Crippen LogP contribution < -0.4 is 5.32 Å². The molecular formula is C16H19FN2O. The van der Waals surface area contributed by atoms with Crippen LogP contribution in [0.15, 0.2) is 36.7 Å². The first kappa shape index (κ1) is 13.5. The molecular weight excluding hydrogens is 255 g/mol. The zero-order valence-electron chi connectivity index (χ0n) is 11.6. The minimum atomic E-state index is -1.39. The van der Waals surface area contributed by atoms with Gasteiger partial charge < -0.3 is 10.1 Å². The number of benzene rings is 1. The van der Waals surface area contributed by atoms with Gasteiger partial charge in [0.25, 0.3) is 0 Å². The molecule has 1 aromatic heterocycles. The average molecular weight is 274 g/mol. The van der Waals surface area contributed by atoms with Gasteiger partial charge in [-0.25, -0.2) is 4.39 Å². The highest BCUT2D eigenvalue weighted by Crippen LogP contribution is 2.35. The van der Waals surface area contributed by atoms with Crippen molar-refractivity contribution >= 4 is 10.8 Å². The lowest BCUT2D eigenvalue weighted by molar-refractivity contribution is 0.0478. The molecule has 3 rings (SSSR count). The summed E-state index contributed by atoms with van der Waals surface area (Å²) in [7, 11) is 0. The van der Waals surface area contributed by atoms with Crippen LogP contribution >= 0.6 is 0 Å². The van der Waals surface area contributed by atoms with E-state index in [-0.39, 0.29) is 6.04 Å². The molecule has 0 spiro atoms. The molecule has 106 valence electrons. The summed E-state index contributed by atoms with van der Waals surface area (Å²) >= 11 is 0. The van der Waals surface area contributed by atoms with Crippen molar-refractivity contribution in [3.63, 3.8) is 0 Å². The number of fused-ring (bicyclic) bond motifs is 1. The highest BCUT2D eigenvalue weighted by Gasteiger charge is 2.32. The van der Waals surface area contributed by atoms with Gasteiger partial charge in [0.05, 0.1) is 13.2 Å². The molecule has 0 radical (unpaired) electrons. The predicted molar refractivity (Wildman–Crippen MR) is 77.4 cm³/mol. The number of aromatic nitrogens is 1. The van der Waals surface area contributed by atoms with E-state index in [4.69, 9.17) is 4.74 Å². The minimum absolute atomic E-state index is 0.0656. The number of pyridine rings is 1. The third-order valence-corrected chi connectivity index (χ3v) is 3.87. The number of hydrogen-bond acceptors (Lipinski definition) is 3. The Bertz CT molecular complexity index is 589. The van der Waals surface area contributed by atoms with E-state index in [9.17, 15) is 0 Å². The topological polar surface area (TPSA) is 34.1 Å². The number of nitrogens with zero attached hydrogens (tertiary/aromatic N) is 1. The second-order valence-corrected chi connectivity index (χ2v) is 5.53. The summed E-state index contributed by atoms with van der Waals surface area (Å²) in [5.41, 5.74) is -0.663. The van der Waals surface area contributed by atoms with Crippen LogP contribution in [0.25, 0.3) is 10.8 Å². The largest absolute Gasteiger partial charge is 0.379 e. The van der Waals surface area contributed by atoms with Gasteiger partial charge in [0.1, 0.15) is 5.67 Å². The van der Waals surface area contributed by atoms with Crippen LogP contribution in [0.2, 0.25) is 0 Å². The fraction of sp³-hybridized carbons (Fsp3) is 0.438. The van der Waals surface area contributed by atoms with Crippen molar-refractivity contribution in [2.75, 3.05) is 19.8 Å². The van der Waals surface area contributed by atoms with E-state index < -0.39 is 5.67 Å². The van der Waals surface area contributed by atoms with Gasteiger partial charge in [0.15, 0.2) is 0 Å². The highest BCUT2D eigenvalue weighted by molar-refractivity contribution is 5.85. The molecule has 2 atom stereocenters. The second kappa shape index (κ2) is 5.46. The van der Waals surface area contributed by atoms with Crippen molar-refractivity contribution in [2.24, 2.45) is 0 Å². The van der Waals surface area contributed by atoms with Crippen LogP contribution in [0.4, 0.5) is 4.39 Å². The lowest BCUT2D eigenvalue weighted by atomic mass is 9.87.